The van der Waals surface area contributed by atoms with Gasteiger partial charge in [-0.1, -0.05) is 12.1 Å². The highest BCUT2D eigenvalue weighted by atomic mass is 19.1. The van der Waals surface area contributed by atoms with Crippen molar-refractivity contribution in [1.82, 2.24) is 14.6 Å². The van der Waals surface area contributed by atoms with Gasteiger partial charge in [0.05, 0.1) is 17.1 Å². The van der Waals surface area contributed by atoms with Gasteiger partial charge in [0, 0.05) is 0 Å². The number of benzene rings is 1. The van der Waals surface area contributed by atoms with Gasteiger partial charge in [-0.3, -0.25) is 4.79 Å². The van der Waals surface area contributed by atoms with E-state index in [1.165, 1.54) is 12.1 Å². The smallest absolute Gasteiger partial charge is 0.276 e. The predicted molar refractivity (Wildman–Crippen MR) is 76.8 cm³/mol. The van der Waals surface area contributed by atoms with Crippen molar-refractivity contribution in [3.63, 3.8) is 0 Å². The van der Waals surface area contributed by atoms with Crippen molar-refractivity contribution in [3.05, 3.63) is 59.3 Å². The van der Waals surface area contributed by atoms with Crippen molar-refractivity contribution in [3.8, 4) is 0 Å². The van der Waals surface area contributed by atoms with E-state index in [1.54, 1.807) is 28.8 Å². The molecule has 0 unspecified atom stereocenters. The third-order valence-corrected chi connectivity index (χ3v) is 3.29. The summed E-state index contributed by atoms with van der Waals surface area (Å²) >= 11 is 0. The Hall–Kier alpha value is -2.76. The molecule has 1 N–H and O–H groups in total. The van der Waals surface area contributed by atoms with Gasteiger partial charge in [0.15, 0.2) is 5.65 Å². The third kappa shape index (κ3) is 2.35. The minimum absolute atomic E-state index is 0.128. The molecule has 0 spiro atoms. The van der Waals surface area contributed by atoms with Crippen LogP contribution in [0.1, 0.15) is 21.9 Å². The standard InChI is InChI=1S/C15H13FN4O/c1-9-10(2)20-14(17-9)8-7-13(19-20)15(21)18-12-6-4-3-5-11(12)16/h3-8H,1-2H3,(H,18,21). The summed E-state index contributed by atoms with van der Waals surface area (Å²) < 4.78 is 15.1. The number of halogens is 1. The van der Waals surface area contributed by atoms with Crippen LogP contribution >= 0.6 is 0 Å². The second-order valence-corrected chi connectivity index (χ2v) is 4.71. The van der Waals surface area contributed by atoms with Crippen LogP contribution in [0, 0.1) is 19.7 Å². The predicted octanol–water partition coefficient (Wildman–Crippen LogP) is 2.74. The SMILES string of the molecule is Cc1nc2ccc(C(=O)Nc3ccccc3F)nn2c1C. The minimum atomic E-state index is -0.485. The topological polar surface area (TPSA) is 59.3 Å². The summed E-state index contributed by atoms with van der Waals surface area (Å²) in [6.07, 6.45) is 0. The average molecular weight is 284 g/mol. The van der Waals surface area contributed by atoms with Gasteiger partial charge in [0.1, 0.15) is 11.5 Å². The van der Waals surface area contributed by atoms with E-state index in [0.717, 1.165) is 11.4 Å². The molecule has 0 fully saturated rings. The van der Waals surface area contributed by atoms with Gasteiger partial charge in [-0.15, -0.1) is 0 Å². The molecule has 5 nitrogen and oxygen atoms in total. The summed E-state index contributed by atoms with van der Waals surface area (Å²) in [6, 6.07) is 9.28. The number of hydrogen-bond acceptors (Lipinski definition) is 3. The molecule has 21 heavy (non-hydrogen) atoms. The Labute approximate surface area is 120 Å². The van der Waals surface area contributed by atoms with E-state index in [1.807, 2.05) is 13.8 Å². The summed E-state index contributed by atoms with van der Waals surface area (Å²) in [5, 5.41) is 6.75. The number of carbonyl (C=O) groups is 1. The molecule has 2 aromatic heterocycles. The summed E-state index contributed by atoms with van der Waals surface area (Å²) in [4.78, 5) is 16.5. The molecule has 0 aliphatic carbocycles. The van der Waals surface area contributed by atoms with Gasteiger partial charge in [-0.25, -0.2) is 13.9 Å². The number of carbonyl (C=O) groups excluding carboxylic acids is 1. The summed E-state index contributed by atoms with van der Waals surface area (Å²) in [5.41, 5.74) is 2.72. The Balaban J connectivity index is 1.95. The lowest BCUT2D eigenvalue weighted by molar-refractivity contribution is 0.102. The summed E-state index contributed by atoms with van der Waals surface area (Å²) in [6.45, 7) is 3.75. The van der Waals surface area contributed by atoms with Gasteiger partial charge in [-0.05, 0) is 38.1 Å². The van der Waals surface area contributed by atoms with E-state index in [4.69, 9.17) is 0 Å². The highest BCUT2D eigenvalue weighted by Gasteiger charge is 2.13. The van der Waals surface area contributed by atoms with Gasteiger partial charge >= 0.3 is 0 Å². The fraction of sp³-hybridized carbons (Fsp3) is 0.133. The van der Waals surface area contributed by atoms with Gasteiger partial charge in [0.2, 0.25) is 0 Å². The number of imidazole rings is 1. The fourth-order valence-corrected chi connectivity index (χ4v) is 2.02. The average Bonchev–Trinajstić information content (AvgIpc) is 2.76. The molecule has 1 aromatic carbocycles. The van der Waals surface area contributed by atoms with E-state index in [0.29, 0.717) is 5.65 Å². The molecule has 0 radical (unpaired) electrons. The van der Waals surface area contributed by atoms with E-state index in [9.17, 15) is 9.18 Å². The van der Waals surface area contributed by atoms with Gasteiger partial charge in [0.25, 0.3) is 5.91 Å². The van der Waals surface area contributed by atoms with Crippen LogP contribution in [-0.2, 0) is 0 Å². The minimum Gasteiger partial charge on any atom is -0.318 e. The number of rotatable bonds is 2. The van der Waals surface area contributed by atoms with Crippen LogP contribution in [0.15, 0.2) is 36.4 Å². The normalized spacial score (nSPS) is 10.8. The molecule has 0 saturated heterocycles. The first kappa shape index (κ1) is 13.2. The van der Waals surface area contributed by atoms with Gasteiger partial charge < -0.3 is 5.32 Å². The molecule has 6 heteroatoms. The van der Waals surface area contributed by atoms with Crippen LogP contribution in [0.4, 0.5) is 10.1 Å². The highest BCUT2D eigenvalue weighted by molar-refractivity contribution is 6.02. The largest absolute Gasteiger partial charge is 0.318 e. The first-order valence-electron chi connectivity index (χ1n) is 6.45. The van der Waals surface area contributed by atoms with Crippen LogP contribution < -0.4 is 5.32 Å². The van der Waals surface area contributed by atoms with E-state index in [2.05, 4.69) is 15.4 Å². The van der Waals surface area contributed by atoms with E-state index in [-0.39, 0.29) is 11.4 Å². The lowest BCUT2D eigenvalue weighted by atomic mass is 10.3. The fourth-order valence-electron chi connectivity index (χ4n) is 2.02. The zero-order valence-corrected chi connectivity index (χ0v) is 11.6. The van der Waals surface area contributed by atoms with E-state index >= 15 is 0 Å². The third-order valence-electron chi connectivity index (χ3n) is 3.29. The van der Waals surface area contributed by atoms with Crippen molar-refractivity contribution in [2.75, 3.05) is 5.32 Å². The molecule has 0 atom stereocenters. The Bertz CT molecular complexity index is 841. The van der Waals surface area contributed by atoms with Crippen molar-refractivity contribution in [2.45, 2.75) is 13.8 Å². The van der Waals surface area contributed by atoms with Crippen LogP contribution in [0.25, 0.3) is 5.65 Å². The second-order valence-electron chi connectivity index (χ2n) is 4.71. The van der Waals surface area contributed by atoms with Crippen molar-refractivity contribution in [2.24, 2.45) is 0 Å². The molecule has 0 saturated carbocycles. The maximum absolute atomic E-state index is 13.5. The zero-order chi connectivity index (χ0) is 15.0. The van der Waals surface area contributed by atoms with Crippen molar-refractivity contribution < 1.29 is 9.18 Å². The quantitative estimate of drug-likeness (QED) is 0.787. The van der Waals surface area contributed by atoms with Crippen molar-refractivity contribution in [1.29, 1.82) is 0 Å². The molecule has 3 rings (SSSR count). The maximum Gasteiger partial charge on any atom is 0.276 e. The molecule has 3 aromatic rings. The number of aromatic nitrogens is 3. The Morgan fingerprint density at radius 2 is 1.95 bits per heavy atom. The Kier molecular flexibility index (Phi) is 3.13. The number of para-hydroxylation sites is 1. The molecule has 0 aliphatic rings. The number of fused-ring (bicyclic) bond motifs is 1. The monoisotopic (exact) mass is 284 g/mol. The van der Waals surface area contributed by atoms with Gasteiger partial charge in [-0.2, -0.15) is 5.10 Å². The first-order valence-corrected chi connectivity index (χ1v) is 6.45. The van der Waals surface area contributed by atoms with Crippen LogP contribution in [0.3, 0.4) is 0 Å². The lowest BCUT2D eigenvalue weighted by Crippen LogP contribution is -2.16. The number of amides is 1. The summed E-state index contributed by atoms with van der Waals surface area (Å²) in [5.74, 6) is -0.950. The lowest BCUT2D eigenvalue weighted by Gasteiger charge is -2.06. The van der Waals surface area contributed by atoms with Crippen LogP contribution in [0.5, 0.6) is 0 Å². The molecular formula is C15H13FN4O. The molecule has 2 heterocycles. The summed E-state index contributed by atoms with van der Waals surface area (Å²) in [7, 11) is 0. The number of nitrogens with zero attached hydrogens (tertiary/aromatic N) is 3. The number of nitrogens with one attached hydrogen (secondary N) is 1. The second kappa shape index (κ2) is 4.97. The Morgan fingerprint density at radius 1 is 1.19 bits per heavy atom. The number of anilines is 1. The Morgan fingerprint density at radius 3 is 2.71 bits per heavy atom. The maximum atomic E-state index is 13.5. The molecule has 0 aliphatic heterocycles. The molecular weight excluding hydrogens is 271 g/mol. The van der Waals surface area contributed by atoms with Crippen molar-refractivity contribution >= 4 is 17.2 Å². The molecule has 1 amide bonds. The first-order chi connectivity index (χ1) is 10.1. The number of aryl methyl sites for hydroxylation is 2. The van der Waals surface area contributed by atoms with Crippen LogP contribution in [-0.4, -0.2) is 20.5 Å². The highest BCUT2D eigenvalue weighted by Crippen LogP contribution is 2.14. The molecule has 0 bridgehead atoms. The molecule has 106 valence electrons. The van der Waals surface area contributed by atoms with Crippen LogP contribution in [0.2, 0.25) is 0 Å². The zero-order valence-electron chi connectivity index (χ0n) is 11.6. The van der Waals surface area contributed by atoms with E-state index < -0.39 is 11.7 Å². The number of hydrogen-bond donors (Lipinski definition) is 1.